The zero-order valence-corrected chi connectivity index (χ0v) is 20.6. The number of nitrogens with zero attached hydrogens (tertiary/aromatic N) is 5. The van der Waals surface area contributed by atoms with Gasteiger partial charge in [0.05, 0.1) is 27.5 Å². The fraction of sp³-hybridized carbons (Fsp3) is 0.280. The minimum Gasteiger partial charge on any atom is -0.325 e. The molecule has 9 nitrogen and oxygen atoms in total. The Morgan fingerprint density at radius 2 is 1.94 bits per heavy atom. The van der Waals surface area contributed by atoms with Gasteiger partial charge in [-0.15, -0.1) is 0 Å². The minimum atomic E-state index is -0.0871. The summed E-state index contributed by atoms with van der Waals surface area (Å²) in [5, 5.41) is 12.3. The summed E-state index contributed by atoms with van der Waals surface area (Å²) >= 11 is 1.33. The monoisotopic (exact) mass is 488 g/mol. The zero-order valence-electron chi connectivity index (χ0n) is 19.8. The molecule has 0 spiro atoms. The van der Waals surface area contributed by atoms with Crippen LogP contribution in [0.1, 0.15) is 20.3 Å². The first-order chi connectivity index (χ1) is 17.2. The van der Waals surface area contributed by atoms with E-state index in [4.69, 9.17) is 4.98 Å². The number of hydrogen-bond acceptors (Lipinski definition) is 8. The number of hydrogen-bond donors (Lipinski definition) is 3. The van der Waals surface area contributed by atoms with Gasteiger partial charge in [-0.1, -0.05) is 31.4 Å². The van der Waals surface area contributed by atoms with Gasteiger partial charge in [0.2, 0.25) is 5.95 Å². The summed E-state index contributed by atoms with van der Waals surface area (Å²) in [6, 6.07) is 13.8. The summed E-state index contributed by atoms with van der Waals surface area (Å²) in [4.78, 5) is 26.0. The van der Waals surface area contributed by atoms with Gasteiger partial charge in [-0.2, -0.15) is 10.1 Å². The van der Waals surface area contributed by atoms with Gasteiger partial charge >= 0.3 is 0 Å². The molecule has 0 aliphatic rings. The Morgan fingerprint density at radius 3 is 2.80 bits per heavy atom. The van der Waals surface area contributed by atoms with Crippen molar-refractivity contribution in [3.05, 3.63) is 65.2 Å². The summed E-state index contributed by atoms with van der Waals surface area (Å²) < 4.78 is 3.69. The average Bonchev–Trinajstić information content (AvgIpc) is 3.51. The SMILES string of the molecule is CCN(CC)CCCN(c1ccnc(Nc2ccc3s[nH]c(=O)c3c2)n1)c1cccc2[nH]ncc12. The normalized spacial score (nSPS) is 11.5. The molecule has 35 heavy (non-hydrogen) atoms. The molecule has 0 radical (unpaired) electrons. The van der Waals surface area contributed by atoms with Crippen molar-refractivity contribution in [2.75, 3.05) is 36.4 Å². The summed E-state index contributed by atoms with van der Waals surface area (Å²) in [6.45, 7) is 8.26. The molecule has 5 aromatic rings. The van der Waals surface area contributed by atoms with E-state index in [1.807, 2.05) is 42.6 Å². The van der Waals surface area contributed by atoms with Crippen LogP contribution in [0.25, 0.3) is 21.0 Å². The van der Waals surface area contributed by atoms with Crippen LogP contribution >= 0.6 is 11.5 Å². The van der Waals surface area contributed by atoms with E-state index in [1.54, 1.807) is 6.20 Å². The second kappa shape index (κ2) is 10.2. The van der Waals surface area contributed by atoms with E-state index in [-0.39, 0.29) is 5.56 Å². The van der Waals surface area contributed by atoms with Crippen molar-refractivity contribution in [2.24, 2.45) is 0 Å². The number of H-pyrrole nitrogens is 2. The molecule has 0 amide bonds. The molecule has 3 heterocycles. The Morgan fingerprint density at radius 1 is 1.06 bits per heavy atom. The van der Waals surface area contributed by atoms with Crippen molar-refractivity contribution in [3.8, 4) is 0 Å². The highest BCUT2D eigenvalue weighted by Crippen LogP contribution is 2.31. The van der Waals surface area contributed by atoms with E-state index < -0.39 is 0 Å². The first-order valence-corrected chi connectivity index (χ1v) is 12.6. The standard InChI is InChI=1S/C25H28N8OS/c1-3-32(4-2)13-6-14-33(21-8-5-7-20-19(21)16-27-30-20)23-11-12-26-25(29-23)28-17-9-10-22-18(15-17)24(34)31-35-22/h5,7-12,15-16H,3-4,6,13-14H2,1-2H3,(H,27,30)(H,31,34)(H,26,28,29). The maximum Gasteiger partial charge on any atom is 0.265 e. The van der Waals surface area contributed by atoms with E-state index in [9.17, 15) is 4.79 Å². The first-order valence-electron chi connectivity index (χ1n) is 11.8. The molecule has 3 aromatic heterocycles. The predicted molar refractivity (Wildman–Crippen MR) is 143 cm³/mol. The lowest BCUT2D eigenvalue weighted by Gasteiger charge is -2.26. The molecular formula is C25H28N8OS. The van der Waals surface area contributed by atoms with Crippen LogP contribution in [0.3, 0.4) is 0 Å². The van der Waals surface area contributed by atoms with Crippen molar-refractivity contribution < 1.29 is 0 Å². The van der Waals surface area contributed by atoms with Gasteiger partial charge in [-0.3, -0.25) is 14.3 Å². The van der Waals surface area contributed by atoms with Crippen LogP contribution in [0.15, 0.2) is 59.7 Å². The van der Waals surface area contributed by atoms with Crippen molar-refractivity contribution in [3.63, 3.8) is 0 Å². The van der Waals surface area contributed by atoms with Gasteiger partial charge in [-0.25, -0.2) is 4.98 Å². The van der Waals surface area contributed by atoms with Gasteiger partial charge in [0.25, 0.3) is 5.56 Å². The number of rotatable bonds is 10. The maximum atomic E-state index is 12.0. The molecule has 2 aromatic carbocycles. The zero-order chi connectivity index (χ0) is 24.2. The number of benzene rings is 2. The van der Waals surface area contributed by atoms with E-state index in [1.165, 1.54) is 11.5 Å². The third-order valence-corrected chi connectivity index (χ3v) is 7.02. The largest absolute Gasteiger partial charge is 0.325 e. The van der Waals surface area contributed by atoms with E-state index in [2.05, 4.69) is 54.6 Å². The third-order valence-electron chi connectivity index (χ3n) is 6.15. The van der Waals surface area contributed by atoms with Crippen LogP contribution in [0.4, 0.5) is 23.1 Å². The van der Waals surface area contributed by atoms with Crippen LogP contribution in [0.2, 0.25) is 0 Å². The molecule has 0 saturated carbocycles. The third kappa shape index (κ3) is 4.89. The molecule has 0 aliphatic carbocycles. The molecule has 0 saturated heterocycles. The van der Waals surface area contributed by atoms with Crippen LogP contribution in [0.5, 0.6) is 0 Å². The first kappa shape index (κ1) is 23.0. The molecule has 3 N–H and O–H groups in total. The second-order valence-electron chi connectivity index (χ2n) is 8.25. The summed E-state index contributed by atoms with van der Waals surface area (Å²) in [6.07, 6.45) is 4.60. The van der Waals surface area contributed by atoms with E-state index >= 15 is 0 Å². The second-order valence-corrected chi connectivity index (χ2v) is 9.10. The Kier molecular flexibility index (Phi) is 6.73. The highest BCUT2D eigenvalue weighted by atomic mass is 32.1. The lowest BCUT2D eigenvalue weighted by molar-refractivity contribution is 0.301. The number of fused-ring (bicyclic) bond motifs is 2. The maximum absolute atomic E-state index is 12.0. The average molecular weight is 489 g/mol. The van der Waals surface area contributed by atoms with Gasteiger partial charge < -0.3 is 15.1 Å². The van der Waals surface area contributed by atoms with Gasteiger partial charge in [-0.05, 0) is 62.5 Å². The van der Waals surface area contributed by atoms with E-state index in [0.717, 1.165) is 65.4 Å². The lowest BCUT2D eigenvalue weighted by Crippen LogP contribution is -2.28. The van der Waals surface area contributed by atoms with E-state index in [0.29, 0.717) is 11.3 Å². The molecule has 0 aliphatic heterocycles. The van der Waals surface area contributed by atoms with Gasteiger partial charge in [0, 0.05) is 23.8 Å². The van der Waals surface area contributed by atoms with Crippen LogP contribution < -0.4 is 15.8 Å². The smallest absolute Gasteiger partial charge is 0.265 e. The number of aromatic amines is 2. The number of anilines is 4. The van der Waals surface area contributed by atoms with Crippen LogP contribution in [-0.4, -0.2) is 55.6 Å². The van der Waals surface area contributed by atoms with Crippen molar-refractivity contribution in [2.45, 2.75) is 20.3 Å². The Balaban J connectivity index is 1.46. The number of nitrogens with one attached hydrogen (secondary N) is 3. The van der Waals surface area contributed by atoms with Gasteiger partial charge in [0.15, 0.2) is 0 Å². The van der Waals surface area contributed by atoms with Crippen molar-refractivity contribution >= 4 is 55.7 Å². The minimum absolute atomic E-state index is 0.0871. The molecule has 0 fully saturated rings. The van der Waals surface area contributed by atoms with Crippen molar-refractivity contribution in [1.29, 1.82) is 0 Å². The quantitative estimate of drug-likeness (QED) is 0.257. The fourth-order valence-electron chi connectivity index (χ4n) is 4.26. The highest BCUT2D eigenvalue weighted by molar-refractivity contribution is 7.13. The topological polar surface area (TPSA) is 106 Å². The predicted octanol–water partition coefficient (Wildman–Crippen LogP) is 4.87. The summed E-state index contributed by atoms with van der Waals surface area (Å²) in [5.41, 5.74) is 2.71. The molecule has 10 heteroatoms. The Labute approximate surface area is 207 Å². The molecule has 0 unspecified atom stereocenters. The molecule has 180 valence electrons. The Bertz CT molecular complexity index is 1490. The number of aromatic nitrogens is 5. The van der Waals surface area contributed by atoms with Crippen molar-refractivity contribution in [1.82, 2.24) is 29.4 Å². The molecule has 0 atom stereocenters. The van der Waals surface area contributed by atoms with Gasteiger partial charge in [0.1, 0.15) is 5.82 Å². The lowest BCUT2D eigenvalue weighted by atomic mass is 10.2. The summed E-state index contributed by atoms with van der Waals surface area (Å²) in [7, 11) is 0. The summed E-state index contributed by atoms with van der Waals surface area (Å²) in [5.74, 6) is 1.27. The van der Waals surface area contributed by atoms with Crippen LogP contribution in [-0.2, 0) is 0 Å². The van der Waals surface area contributed by atoms with Crippen LogP contribution in [0, 0.1) is 0 Å². The molecular weight excluding hydrogens is 460 g/mol. The fourth-order valence-corrected chi connectivity index (χ4v) is 4.97. The molecule has 5 rings (SSSR count). The molecule has 0 bridgehead atoms. The Hall–Kier alpha value is -3.76. The highest BCUT2D eigenvalue weighted by Gasteiger charge is 2.16.